The van der Waals surface area contributed by atoms with Gasteiger partial charge in [-0.05, 0) is 36.5 Å². The van der Waals surface area contributed by atoms with Crippen LogP contribution in [0.25, 0.3) is 0 Å². The Labute approximate surface area is 148 Å². The molecule has 0 saturated carbocycles. The van der Waals surface area contributed by atoms with E-state index < -0.39 is 22.0 Å². The van der Waals surface area contributed by atoms with Crippen LogP contribution in [-0.2, 0) is 26.0 Å². The quantitative estimate of drug-likeness (QED) is 0.796. The van der Waals surface area contributed by atoms with Crippen LogP contribution < -0.4 is 9.62 Å². The van der Waals surface area contributed by atoms with E-state index in [1.807, 2.05) is 0 Å². The monoisotopic (exact) mass is 368 g/mol. The van der Waals surface area contributed by atoms with E-state index >= 15 is 0 Å². The number of benzene rings is 1. The van der Waals surface area contributed by atoms with Gasteiger partial charge in [-0.2, -0.15) is 4.72 Å². The molecular weight excluding hydrogens is 344 g/mol. The predicted octanol–water partition coefficient (Wildman–Crippen LogP) is 1.76. The summed E-state index contributed by atoms with van der Waals surface area (Å²) in [7, 11) is -4.01. The van der Waals surface area contributed by atoms with Gasteiger partial charge >= 0.3 is 5.97 Å². The number of nitrogens with one attached hydrogen (secondary N) is 1. The fourth-order valence-electron chi connectivity index (χ4n) is 2.93. The second-order valence-electron chi connectivity index (χ2n) is 6.39. The van der Waals surface area contributed by atoms with E-state index in [2.05, 4.69) is 4.72 Å². The number of amides is 1. The van der Waals surface area contributed by atoms with E-state index in [9.17, 15) is 23.1 Å². The minimum absolute atomic E-state index is 0.0334. The number of aryl methyl sites for hydroxylation is 1. The summed E-state index contributed by atoms with van der Waals surface area (Å²) in [5.74, 6) is -1.70. The minimum atomic E-state index is -4.01. The van der Waals surface area contributed by atoms with Crippen LogP contribution >= 0.6 is 0 Å². The largest absolute Gasteiger partial charge is 0.480 e. The summed E-state index contributed by atoms with van der Waals surface area (Å²) >= 11 is 0. The Kier molecular flexibility index (Phi) is 5.84. The summed E-state index contributed by atoms with van der Waals surface area (Å²) in [6.45, 7) is 5.48. The zero-order valence-corrected chi connectivity index (χ0v) is 15.5. The van der Waals surface area contributed by atoms with Crippen molar-refractivity contribution < 1.29 is 23.1 Å². The molecule has 1 aromatic carbocycles. The zero-order chi connectivity index (χ0) is 18.8. The molecule has 1 amide bonds. The van der Waals surface area contributed by atoms with Gasteiger partial charge in [0.05, 0.1) is 4.90 Å². The normalized spacial score (nSPS) is 16.8. The molecule has 0 unspecified atom stereocenters. The lowest BCUT2D eigenvalue weighted by Crippen LogP contribution is -2.45. The second-order valence-corrected chi connectivity index (χ2v) is 8.10. The second kappa shape index (κ2) is 7.53. The molecule has 2 N–H and O–H groups in total. The molecule has 1 aromatic rings. The van der Waals surface area contributed by atoms with Gasteiger partial charge in [0.1, 0.15) is 6.04 Å². The van der Waals surface area contributed by atoms with Crippen molar-refractivity contribution in [1.29, 1.82) is 0 Å². The zero-order valence-electron chi connectivity index (χ0n) is 14.7. The van der Waals surface area contributed by atoms with Crippen LogP contribution in [-0.4, -0.2) is 38.0 Å². The molecular formula is C17H24N2O5S. The number of carbonyl (C=O) groups is 2. The van der Waals surface area contributed by atoms with E-state index in [0.717, 1.165) is 18.4 Å². The molecule has 0 radical (unpaired) electrons. The molecule has 0 fully saturated rings. The molecule has 2 rings (SSSR count). The highest BCUT2D eigenvalue weighted by molar-refractivity contribution is 7.89. The molecule has 7 nitrogen and oxygen atoms in total. The molecule has 138 valence electrons. The summed E-state index contributed by atoms with van der Waals surface area (Å²) in [5.41, 5.74) is 1.49. The fourth-order valence-corrected chi connectivity index (χ4v) is 4.25. The molecule has 0 spiro atoms. The maximum atomic E-state index is 12.7. The molecule has 0 aromatic heterocycles. The lowest BCUT2D eigenvalue weighted by Gasteiger charge is -2.29. The van der Waals surface area contributed by atoms with Crippen LogP contribution in [0.1, 0.15) is 39.2 Å². The first-order valence-corrected chi connectivity index (χ1v) is 9.82. The number of sulfonamides is 1. The number of carboxylic acids is 1. The summed E-state index contributed by atoms with van der Waals surface area (Å²) < 4.78 is 27.6. The van der Waals surface area contributed by atoms with E-state index in [0.29, 0.717) is 18.7 Å². The Bertz CT molecular complexity index is 775. The lowest BCUT2D eigenvalue weighted by molar-refractivity contribution is -0.140. The molecule has 8 heteroatoms. The van der Waals surface area contributed by atoms with Crippen molar-refractivity contribution in [3.05, 3.63) is 23.8 Å². The van der Waals surface area contributed by atoms with E-state index in [-0.39, 0.29) is 16.7 Å². The van der Waals surface area contributed by atoms with Gasteiger partial charge < -0.3 is 10.0 Å². The third-order valence-corrected chi connectivity index (χ3v) is 6.07. The molecule has 1 heterocycles. The van der Waals surface area contributed by atoms with Crippen LogP contribution in [0, 0.1) is 5.92 Å². The molecule has 2 atom stereocenters. The third-order valence-electron chi connectivity index (χ3n) is 4.63. The van der Waals surface area contributed by atoms with Gasteiger partial charge in [0.15, 0.2) is 0 Å². The van der Waals surface area contributed by atoms with Crippen LogP contribution in [0.5, 0.6) is 0 Å². The number of fused-ring (bicyclic) bond motifs is 1. The molecule has 0 aliphatic carbocycles. The van der Waals surface area contributed by atoms with Gasteiger partial charge in [-0.1, -0.05) is 26.3 Å². The summed E-state index contributed by atoms with van der Waals surface area (Å²) in [6, 6.07) is 3.40. The van der Waals surface area contributed by atoms with Crippen molar-refractivity contribution in [3.8, 4) is 0 Å². The maximum Gasteiger partial charge on any atom is 0.322 e. The minimum Gasteiger partial charge on any atom is -0.480 e. The SMILES string of the molecule is CC[C@H](C)[C@H](NS(=O)(=O)c1ccc2c(c1)N(C(C)=O)CCC2)C(=O)O. The first kappa shape index (κ1) is 19.4. The number of rotatable bonds is 6. The Hall–Kier alpha value is -1.93. The molecule has 1 aliphatic rings. The number of hydrogen-bond donors (Lipinski definition) is 2. The average Bonchev–Trinajstić information content (AvgIpc) is 2.57. The number of carboxylic acid groups (broad SMARTS) is 1. The standard InChI is InChI=1S/C17H24N2O5S/c1-4-11(2)16(17(21)22)18-25(23,24)14-8-7-13-6-5-9-19(12(3)20)15(13)10-14/h7-8,10-11,16,18H,4-6,9H2,1-3H3,(H,21,22)/t11-,16-/m0/s1. The van der Waals surface area contributed by atoms with E-state index in [4.69, 9.17) is 0 Å². The number of nitrogens with zero attached hydrogens (tertiary/aromatic N) is 1. The Balaban J connectivity index is 2.38. The van der Waals surface area contributed by atoms with E-state index in [1.54, 1.807) is 24.8 Å². The van der Waals surface area contributed by atoms with Crippen molar-refractivity contribution in [3.63, 3.8) is 0 Å². The summed E-state index contributed by atoms with van der Waals surface area (Å²) in [4.78, 5) is 24.7. The topological polar surface area (TPSA) is 104 Å². The van der Waals surface area contributed by atoms with Crippen molar-refractivity contribution in [2.24, 2.45) is 5.92 Å². The van der Waals surface area contributed by atoms with Crippen molar-refractivity contribution in [2.45, 2.75) is 51.0 Å². The predicted molar refractivity (Wildman–Crippen MR) is 94.0 cm³/mol. The van der Waals surface area contributed by atoms with Gasteiger partial charge in [0, 0.05) is 19.2 Å². The molecule has 25 heavy (non-hydrogen) atoms. The highest BCUT2D eigenvalue weighted by Crippen LogP contribution is 2.30. The highest BCUT2D eigenvalue weighted by atomic mass is 32.2. The Morgan fingerprint density at radius 1 is 1.36 bits per heavy atom. The first-order chi connectivity index (χ1) is 11.7. The fraction of sp³-hybridized carbons (Fsp3) is 0.529. The Morgan fingerprint density at radius 2 is 2.04 bits per heavy atom. The number of carbonyl (C=O) groups excluding carboxylic acids is 1. The van der Waals surface area contributed by atoms with Crippen LogP contribution in [0.3, 0.4) is 0 Å². The van der Waals surface area contributed by atoms with Gasteiger partial charge in [0.25, 0.3) is 0 Å². The summed E-state index contributed by atoms with van der Waals surface area (Å²) in [5, 5.41) is 9.31. The number of anilines is 1. The number of hydrogen-bond acceptors (Lipinski definition) is 4. The Morgan fingerprint density at radius 3 is 2.60 bits per heavy atom. The van der Waals surface area contributed by atoms with Gasteiger partial charge in [0.2, 0.25) is 15.9 Å². The third kappa shape index (κ3) is 4.19. The van der Waals surface area contributed by atoms with Crippen LogP contribution in [0.15, 0.2) is 23.1 Å². The number of aliphatic carboxylic acids is 1. The lowest BCUT2D eigenvalue weighted by atomic mass is 10.0. The highest BCUT2D eigenvalue weighted by Gasteiger charge is 2.30. The first-order valence-electron chi connectivity index (χ1n) is 8.33. The van der Waals surface area contributed by atoms with Gasteiger partial charge in [-0.3, -0.25) is 9.59 Å². The van der Waals surface area contributed by atoms with Crippen molar-refractivity contribution >= 4 is 27.6 Å². The van der Waals surface area contributed by atoms with Gasteiger partial charge in [-0.15, -0.1) is 0 Å². The molecule has 0 saturated heterocycles. The molecule has 0 bridgehead atoms. The van der Waals surface area contributed by atoms with Crippen molar-refractivity contribution in [1.82, 2.24) is 4.72 Å². The van der Waals surface area contributed by atoms with Gasteiger partial charge in [-0.25, -0.2) is 8.42 Å². The smallest absolute Gasteiger partial charge is 0.322 e. The molecule has 1 aliphatic heterocycles. The summed E-state index contributed by atoms with van der Waals surface area (Å²) in [6.07, 6.45) is 2.13. The maximum absolute atomic E-state index is 12.7. The average molecular weight is 368 g/mol. The van der Waals surface area contributed by atoms with Crippen LogP contribution in [0.2, 0.25) is 0 Å². The van der Waals surface area contributed by atoms with Crippen LogP contribution in [0.4, 0.5) is 5.69 Å². The van der Waals surface area contributed by atoms with E-state index in [1.165, 1.54) is 19.1 Å². The van der Waals surface area contributed by atoms with Crippen molar-refractivity contribution in [2.75, 3.05) is 11.4 Å².